The topological polar surface area (TPSA) is 23.8 Å². The first-order valence-corrected chi connectivity index (χ1v) is 3.50. The number of rotatable bonds is 3. The van der Waals surface area contributed by atoms with Crippen molar-refractivity contribution in [2.45, 2.75) is 19.0 Å². The Morgan fingerprint density at radius 3 is 2.75 bits per heavy atom. The molecule has 0 amide bonds. The summed E-state index contributed by atoms with van der Waals surface area (Å²) in [6.45, 7) is 0. The molecule has 46 valence electrons. The van der Waals surface area contributed by atoms with E-state index >= 15 is 0 Å². The van der Waals surface area contributed by atoms with Gasteiger partial charge in [-0.1, -0.05) is 15.9 Å². The molecule has 1 nitrogen and oxygen atoms in total. The van der Waals surface area contributed by atoms with Gasteiger partial charge in [-0.05, 0) is 6.42 Å². The van der Waals surface area contributed by atoms with Gasteiger partial charge in [-0.15, -0.1) is 0 Å². The number of hydrogen-bond acceptors (Lipinski definition) is 1. The molecule has 1 unspecified atom stereocenters. The van der Waals surface area contributed by atoms with Gasteiger partial charge in [0.25, 0.3) is 0 Å². The minimum atomic E-state index is -0.852. The molecule has 0 aliphatic carbocycles. The number of nitrogens with zero attached hydrogens (tertiary/aromatic N) is 1. The molecule has 0 heterocycles. The van der Waals surface area contributed by atoms with Crippen LogP contribution in [-0.4, -0.2) is 11.5 Å². The standard InChI is InChI=1S/C5H7BrFN/c6-4-5(7)2-1-3-8/h5H,1-2,4H2. The van der Waals surface area contributed by atoms with Gasteiger partial charge in [-0.25, -0.2) is 4.39 Å². The van der Waals surface area contributed by atoms with Crippen LogP contribution in [0, 0.1) is 11.3 Å². The highest BCUT2D eigenvalue weighted by atomic mass is 79.9. The van der Waals surface area contributed by atoms with Gasteiger partial charge < -0.3 is 0 Å². The number of halogens is 2. The van der Waals surface area contributed by atoms with Crippen molar-refractivity contribution in [2.24, 2.45) is 0 Å². The van der Waals surface area contributed by atoms with Crippen molar-refractivity contribution in [3.8, 4) is 6.07 Å². The van der Waals surface area contributed by atoms with Crippen molar-refractivity contribution >= 4 is 15.9 Å². The Labute approximate surface area is 56.6 Å². The highest BCUT2D eigenvalue weighted by Crippen LogP contribution is 2.03. The summed E-state index contributed by atoms with van der Waals surface area (Å²) in [5.74, 6) is 0. The summed E-state index contributed by atoms with van der Waals surface area (Å²) >= 11 is 2.96. The highest BCUT2D eigenvalue weighted by molar-refractivity contribution is 9.09. The molecule has 0 spiro atoms. The van der Waals surface area contributed by atoms with E-state index in [2.05, 4.69) is 15.9 Å². The molecule has 0 saturated carbocycles. The monoisotopic (exact) mass is 179 g/mol. The van der Waals surface area contributed by atoms with E-state index in [0.717, 1.165) is 0 Å². The third kappa shape index (κ3) is 4.07. The summed E-state index contributed by atoms with van der Waals surface area (Å²) in [6.07, 6.45) is -0.191. The van der Waals surface area contributed by atoms with Gasteiger partial charge in [0, 0.05) is 11.8 Å². The Hall–Kier alpha value is -0.100. The molecule has 8 heavy (non-hydrogen) atoms. The summed E-state index contributed by atoms with van der Waals surface area (Å²) in [6, 6.07) is 1.87. The molecule has 0 aromatic heterocycles. The second kappa shape index (κ2) is 5.04. The van der Waals surface area contributed by atoms with Gasteiger partial charge >= 0.3 is 0 Å². The molecule has 0 N–H and O–H groups in total. The molecule has 0 bridgehead atoms. The van der Waals surface area contributed by atoms with E-state index in [4.69, 9.17) is 5.26 Å². The van der Waals surface area contributed by atoms with Crippen LogP contribution in [-0.2, 0) is 0 Å². The van der Waals surface area contributed by atoms with Crippen molar-refractivity contribution in [3.05, 3.63) is 0 Å². The molecule has 1 atom stereocenters. The Morgan fingerprint density at radius 2 is 2.38 bits per heavy atom. The lowest BCUT2D eigenvalue weighted by Gasteiger charge is -1.96. The van der Waals surface area contributed by atoms with Crippen molar-refractivity contribution < 1.29 is 4.39 Å². The van der Waals surface area contributed by atoms with Crippen LogP contribution in [0.4, 0.5) is 4.39 Å². The van der Waals surface area contributed by atoms with Crippen molar-refractivity contribution in [1.82, 2.24) is 0 Å². The van der Waals surface area contributed by atoms with Crippen LogP contribution in [0.1, 0.15) is 12.8 Å². The number of hydrogen-bond donors (Lipinski definition) is 0. The smallest absolute Gasteiger partial charge is 0.111 e. The first-order valence-electron chi connectivity index (χ1n) is 2.38. The van der Waals surface area contributed by atoms with Crippen molar-refractivity contribution in [3.63, 3.8) is 0 Å². The average molecular weight is 180 g/mol. The van der Waals surface area contributed by atoms with Crippen LogP contribution in [0.25, 0.3) is 0 Å². The maximum atomic E-state index is 12.1. The Balaban J connectivity index is 3.01. The molecule has 0 aromatic rings. The van der Waals surface area contributed by atoms with Gasteiger partial charge in [-0.2, -0.15) is 5.26 Å². The van der Waals surface area contributed by atoms with Crippen molar-refractivity contribution in [1.29, 1.82) is 5.26 Å². The van der Waals surface area contributed by atoms with Crippen LogP contribution >= 0.6 is 15.9 Å². The van der Waals surface area contributed by atoms with Crippen LogP contribution in [0.15, 0.2) is 0 Å². The van der Waals surface area contributed by atoms with Crippen molar-refractivity contribution in [2.75, 3.05) is 5.33 Å². The zero-order chi connectivity index (χ0) is 6.41. The SMILES string of the molecule is N#CCCC(F)CBr. The summed E-state index contributed by atoms with van der Waals surface area (Å²) in [5.41, 5.74) is 0. The fourth-order valence-electron chi connectivity index (χ4n) is 0.298. The average Bonchev–Trinajstić information content (AvgIpc) is 1.83. The van der Waals surface area contributed by atoms with E-state index in [1.807, 2.05) is 6.07 Å². The van der Waals surface area contributed by atoms with Crippen LogP contribution < -0.4 is 0 Å². The molecule has 0 aromatic carbocycles. The fourth-order valence-corrected chi connectivity index (χ4v) is 0.622. The quantitative estimate of drug-likeness (QED) is 0.609. The highest BCUT2D eigenvalue weighted by Gasteiger charge is 2.00. The van der Waals surface area contributed by atoms with Crippen LogP contribution in [0.5, 0.6) is 0 Å². The molecule has 0 radical (unpaired) electrons. The molecule has 3 heteroatoms. The zero-order valence-electron chi connectivity index (χ0n) is 4.40. The maximum Gasteiger partial charge on any atom is 0.111 e. The lowest BCUT2D eigenvalue weighted by molar-refractivity contribution is 0.352. The third-order valence-corrected chi connectivity index (χ3v) is 1.44. The van der Waals surface area contributed by atoms with Gasteiger partial charge in [0.15, 0.2) is 0 Å². The van der Waals surface area contributed by atoms with E-state index in [0.29, 0.717) is 18.2 Å². The summed E-state index contributed by atoms with van der Waals surface area (Å²) in [4.78, 5) is 0. The largest absolute Gasteiger partial charge is 0.247 e. The summed E-state index contributed by atoms with van der Waals surface area (Å²) in [7, 11) is 0. The number of alkyl halides is 2. The molecule has 0 fully saturated rings. The normalized spacial score (nSPS) is 12.6. The molecule has 0 aliphatic heterocycles. The minimum Gasteiger partial charge on any atom is -0.247 e. The fraction of sp³-hybridized carbons (Fsp3) is 0.800. The molecule has 0 rings (SSSR count). The lowest BCUT2D eigenvalue weighted by atomic mass is 10.2. The van der Waals surface area contributed by atoms with E-state index in [1.54, 1.807) is 0 Å². The maximum absolute atomic E-state index is 12.1. The molecular weight excluding hydrogens is 173 g/mol. The van der Waals surface area contributed by atoms with E-state index in [-0.39, 0.29) is 0 Å². The first-order chi connectivity index (χ1) is 3.81. The minimum absolute atomic E-state index is 0.312. The Kier molecular flexibility index (Phi) is 4.98. The van der Waals surface area contributed by atoms with Gasteiger partial charge in [0.05, 0.1) is 6.07 Å². The zero-order valence-corrected chi connectivity index (χ0v) is 5.99. The third-order valence-electron chi connectivity index (χ3n) is 0.737. The summed E-state index contributed by atoms with van der Waals surface area (Å²) < 4.78 is 12.1. The number of nitriles is 1. The molecule has 0 saturated heterocycles. The second-order valence-corrected chi connectivity index (χ2v) is 2.10. The van der Waals surface area contributed by atoms with E-state index in [1.165, 1.54) is 0 Å². The van der Waals surface area contributed by atoms with E-state index < -0.39 is 6.17 Å². The first kappa shape index (κ1) is 7.90. The van der Waals surface area contributed by atoms with Gasteiger partial charge in [0.2, 0.25) is 0 Å². The van der Waals surface area contributed by atoms with Crippen LogP contribution in [0.2, 0.25) is 0 Å². The van der Waals surface area contributed by atoms with Crippen LogP contribution in [0.3, 0.4) is 0 Å². The molecular formula is C5H7BrFN. The predicted molar refractivity (Wildman–Crippen MR) is 33.5 cm³/mol. The molecule has 0 aliphatic rings. The Bertz CT molecular complexity index is 88.9. The lowest BCUT2D eigenvalue weighted by Crippen LogP contribution is -1.99. The van der Waals surface area contributed by atoms with Gasteiger partial charge in [-0.3, -0.25) is 0 Å². The summed E-state index contributed by atoms with van der Waals surface area (Å²) in [5, 5.41) is 8.32. The second-order valence-electron chi connectivity index (χ2n) is 1.45. The van der Waals surface area contributed by atoms with Gasteiger partial charge in [0.1, 0.15) is 6.17 Å². The Morgan fingerprint density at radius 1 is 1.75 bits per heavy atom. The predicted octanol–water partition coefficient (Wildman–Crippen LogP) is 2.02. The van der Waals surface area contributed by atoms with E-state index in [9.17, 15) is 4.39 Å².